The third-order valence-corrected chi connectivity index (χ3v) is 13.2. The van der Waals surface area contributed by atoms with Gasteiger partial charge in [0.2, 0.25) is 5.91 Å². The molecule has 35 nitrogen and oxygen atoms in total. The van der Waals surface area contributed by atoms with Gasteiger partial charge in [-0.2, -0.15) is 5.48 Å². The van der Waals surface area contributed by atoms with E-state index in [-0.39, 0.29) is 95.1 Å². The molecule has 0 aliphatic rings. The molecule has 0 saturated heterocycles. The lowest BCUT2D eigenvalue weighted by Gasteiger charge is -2.28. The molecule has 0 radical (unpaired) electrons. The molecule has 0 unspecified atom stereocenters. The lowest BCUT2D eigenvalue weighted by molar-refractivity contribution is -0.351. The van der Waals surface area contributed by atoms with E-state index in [1.54, 1.807) is 9.80 Å². The Morgan fingerprint density at radius 3 is 0.979 bits per heavy atom. The van der Waals surface area contributed by atoms with Crippen molar-refractivity contribution in [1.82, 2.24) is 61.8 Å². The Bertz CT molecular complexity index is 1900. The molecule has 0 heterocycles. The first kappa shape index (κ1) is 94.0. The van der Waals surface area contributed by atoms with Crippen LogP contribution in [0, 0.1) is 0 Å². The number of carbonyl (C=O) groups is 6. The van der Waals surface area contributed by atoms with E-state index in [1.165, 1.54) is 9.80 Å². The Morgan fingerprint density at radius 1 is 0.333 bits per heavy atom. The van der Waals surface area contributed by atoms with Crippen LogP contribution in [0.1, 0.15) is 139 Å². The molecular weight excluding hydrogens is 1270 g/mol. The molecule has 0 aromatic rings. The molecule has 1 amide bonds. The fraction of sp³-hybridized carbons (Fsp3) is 0.902. The van der Waals surface area contributed by atoms with Crippen LogP contribution in [0.25, 0.3) is 0 Å². The summed E-state index contributed by atoms with van der Waals surface area (Å²) in [4.78, 5) is 124. The van der Waals surface area contributed by atoms with Crippen LogP contribution in [-0.4, -0.2) is 322 Å². The Balaban J connectivity index is 0. The van der Waals surface area contributed by atoms with Crippen molar-refractivity contribution in [2.24, 2.45) is 0 Å². The summed E-state index contributed by atoms with van der Waals surface area (Å²) in [6, 6.07) is 0. The summed E-state index contributed by atoms with van der Waals surface area (Å²) in [5, 5.41) is 73.0. The molecule has 568 valence electrons. The predicted molar refractivity (Wildman–Crippen MR) is 355 cm³/mol. The van der Waals surface area contributed by atoms with Gasteiger partial charge in [-0.05, 0) is 114 Å². The van der Waals surface area contributed by atoms with Crippen molar-refractivity contribution in [2.45, 2.75) is 156 Å². The van der Waals surface area contributed by atoms with Gasteiger partial charge in [-0.1, -0.05) is 38.5 Å². The molecular formula is C61H126N12O23. The van der Waals surface area contributed by atoms with E-state index in [2.05, 4.69) is 42.2 Å². The van der Waals surface area contributed by atoms with Crippen molar-refractivity contribution in [2.75, 3.05) is 204 Å². The van der Waals surface area contributed by atoms with Crippen LogP contribution < -0.4 is 32.4 Å². The zero-order valence-electron chi connectivity index (χ0n) is 59.3. The van der Waals surface area contributed by atoms with Crippen molar-refractivity contribution in [3.05, 3.63) is 0 Å². The monoisotopic (exact) mass is 1390 g/mol. The van der Waals surface area contributed by atoms with Crippen molar-refractivity contribution >= 4 is 35.8 Å². The molecule has 0 aromatic heterocycles. The van der Waals surface area contributed by atoms with Crippen molar-refractivity contribution < 1.29 is 113 Å². The number of nitrogens with zero attached hydrogens (tertiary/aromatic N) is 6. The maximum Gasteiger partial charge on any atom is 0.317 e. The summed E-state index contributed by atoms with van der Waals surface area (Å²) in [5.41, 5.74) is 7.87. The molecule has 96 heavy (non-hydrogen) atoms. The lowest BCUT2D eigenvalue weighted by atomic mass is 10.2. The van der Waals surface area contributed by atoms with Crippen LogP contribution in [0.3, 0.4) is 0 Å². The van der Waals surface area contributed by atoms with Gasteiger partial charge in [-0.15, -0.1) is 0 Å². The smallest absolute Gasteiger partial charge is 0.317 e. The van der Waals surface area contributed by atoms with E-state index in [0.29, 0.717) is 105 Å². The van der Waals surface area contributed by atoms with Crippen LogP contribution in [0.4, 0.5) is 0 Å². The molecule has 0 bridgehead atoms. The molecule has 0 spiro atoms. The van der Waals surface area contributed by atoms with E-state index < -0.39 is 42.9 Å². The topological polar surface area (TPSA) is 428 Å². The molecule has 0 aromatic carbocycles. The molecule has 0 saturated carbocycles. The van der Waals surface area contributed by atoms with Crippen molar-refractivity contribution in [3.8, 4) is 0 Å². The number of hydrogen-bond acceptors (Lipinski definition) is 29. The summed E-state index contributed by atoms with van der Waals surface area (Å²) >= 11 is 0. The van der Waals surface area contributed by atoms with Gasteiger partial charge >= 0.3 is 29.8 Å². The molecule has 0 aliphatic carbocycles. The van der Waals surface area contributed by atoms with Gasteiger partial charge in [-0.25, -0.2) is 40.3 Å². The van der Waals surface area contributed by atoms with Gasteiger partial charge in [0.05, 0.1) is 82.5 Å². The number of unbranched alkanes of at least 4 members (excludes halogenated alkanes) is 9. The zero-order chi connectivity index (χ0) is 72.1. The Kier molecular flexibility index (Phi) is 60.6. The van der Waals surface area contributed by atoms with Gasteiger partial charge in [0, 0.05) is 105 Å². The maximum absolute atomic E-state index is 12.6. The van der Waals surface area contributed by atoms with E-state index in [1.807, 2.05) is 72.1 Å². The highest BCUT2D eigenvalue weighted by Gasteiger charge is 2.21. The number of nitrogens with one attached hydrogen (secondary N) is 6. The van der Waals surface area contributed by atoms with Crippen LogP contribution in [-0.2, 0) is 77.3 Å². The number of amides is 1. The molecule has 13 N–H and O–H groups in total. The quantitative estimate of drug-likeness (QED) is 0.0179. The summed E-state index contributed by atoms with van der Waals surface area (Å²) in [6.07, 6.45) is 11.8. The molecule has 35 heteroatoms. The number of carbonyl (C=O) groups excluding carboxylic acids is 1. The number of aliphatic carboxylic acids is 5. The minimum atomic E-state index is -1.17. The highest BCUT2D eigenvalue weighted by atomic mass is 17.2. The Hall–Kier alpha value is -4.10. The number of ether oxygens (including phenoxy) is 1. The van der Waals surface area contributed by atoms with E-state index in [9.17, 15) is 44.1 Å². The molecule has 0 atom stereocenters. The number of rotatable bonds is 68. The average molecular weight is 1400 g/mol. The van der Waals surface area contributed by atoms with Crippen LogP contribution in [0.15, 0.2) is 0 Å². The van der Waals surface area contributed by atoms with Gasteiger partial charge < -0.3 is 45.3 Å². The second-order valence-electron chi connectivity index (χ2n) is 25.7. The molecule has 0 aliphatic heterocycles. The largest absolute Gasteiger partial charge is 0.480 e. The van der Waals surface area contributed by atoms with Crippen molar-refractivity contribution in [3.63, 3.8) is 0 Å². The van der Waals surface area contributed by atoms with Gasteiger partial charge in [0.25, 0.3) is 0 Å². The second-order valence-corrected chi connectivity index (χ2v) is 25.7. The number of carboxylic acid groups (broad SMARTS) is 5. The third-order valence-electron chi connectivity index (χ3n) is 13.2. The summed E-state index contributed by atoms with van der Waals surface area (Å²) in [5.74, 6) is -5.77. The van der Waals surface area contributed by atoms with Crippen LogP contribution >= 0.6 is 0 Å². The average Bonchev–Trinajstić information content (AvgIpc) is 1.97. The summed E-state index contributed by atoms with van der Waals surface area (Å²) in [6.45, 7) is 25.5. The lowest BCUT2D eigenvalue weighted by Crippen LogP contribution is -2.46. The first-order chi connectivity index (χ1) is 45.5. The maximum atomic E-state index is 12.6. The fourth-order valence-corrected chi connectivity index (χ4v) is 8.43. The standard InChI is InChI=1S/C36H75N7O12.C25H51N5O11/c1-35(2,3)50-31-52-40-18-14-10-8-12-16-38-32(44)27-43(29-34(47)48)22-21-42(28-33(45)46)20-19-41(24-26-53-49)23-25-51-39-17-13-9-7-11-15-37-30-54-55-36(4,5)6;1-25(2,3)41-40-21-26-8-6-4-5-7-9-27-38-16-14-28(15-17-39-37)10-11-29(18-22(31)32)12-13-30(19-23(33)34)20-24(35)36/h37,39-40,49H,7-31H2,1-6H3,(H,38,44)(H,45,46)(H,47,48);26-27,37H,4-21H2,1-3H3,(H,31,32)(H,33,34)(H,35,36). The van der Waals surface area contributed by atoms with Gasteiger partial charge in [0.15, 0.2) is 6.79 Å². The van der Waals surface area contributed by atoms with Crippen molar-refractivity contribution in [1.29, 1.82) is 0 Å². The minimum absolute atomic E-state index is 0.0575. The Labute approximate surface area is 569 Å². The number of carboxylic acids is 5. The molecule has 0 rings (SSSR count). The zero-order valence-corrected chi connectivity index (χ0v) is 59.3. The number of hydroxylamine groups is 3. The summed E-state index contributed by atoms with van der Waals surface area (Å²) in [7, 11) is 0. The van der Waals surface area contributed by atoms with E-state index in [4.69, 9.17) is 59.5 Å². The van der Waals surface area contributed by atoms with Crippen LogP contribution in [0.5, 0.6) is 0 Å². The molecule has 0 fully saturated rings. The Morgan fingerprint density at radius 2 is 0.635 bits per heavy atom. The highest BCUT2D eigenvalue weighted by molar-refractivity contribution is 5.79. The van der Waals surface area contributed by atoms with Gasteiger partial charge in [-0.3, -0.25) is 84.2 Å². The number of hydrogen-bond donors (Lipinski definition) is 13. The fourth-order valence-electron chi connectivity index (χ4n) is 8.43. The van der Waals surface area contributed by atoms with Gasteiger partial charge in [0.1, 0.15) is 13.5 Å². The highest BCUT2D eigenvalue weighted by Crippen LogP contribution is 2.09. The first-order valence-corrected chi connectivity index (χ1v) is 33.5. The van der Waals surface area contributed by atoms with E-state index in [0.717, 1.165) is 90.1 Å². The second kappa shape index (κ2) is 61.9. The van der Waals surface area contributed by atoms with E-state index >= 15 is 0 Å². The minimum Gasteiger partial charge on any atom is -0.480 e. The van der Waals surface area contributed by atoms with Crippen LogP contribution in [0.2, 0.25) is 0 Å². The SMILES string of the molecule is CC(C)(C)OCONCCCCCCNC(=O)CN(CCN(CCN(CCOO)CCONCCCCCCNCOOC(C)(C)C)CC(=O)O)CC(=O)O.CC(C)(C)OOCNCCCCCCNOCCN(CCOO)CCN(CCN(CC(=O)O)CC(=O)O)CC(=O)O. The predicted octanol–water partition coefficient (Wildman–Crippen LogP) is 1.91. The first-order valence-electron chi connectivity index (χ1n) is 33.5. The normalized spacial score (nSPS) is 12.2. The summed E-state index contributed by atoms with van der Waals surface area (Å²) < 4.78 is 5.47. The third kappa shape index (κ3) is 72.6.